The van der Waals surface area contributed by atoms with Crippen molar-refractivity contribution in [2.24, 2.45) is 11.8 Å². The number of unbranched alkanes of at least 4 members (excludes halogenated alkanes) is 25. The van der Waals surface area contributed by atoms with E-state index in [1.165, 1.54) is 245 Å². The number of hydrogen-bond acceptors (Lipinski definition) is 6. The lowest BCUT2D eigenvalue weighted by atomic mass is 9.94. The van der Waals surface area contributed by atoms with Gasteiger partial charge in [-0.25, -0.2) is 0 Å². The molecule has 0 aliphatic carbocycles. The number of esters is 2. The summed E-state index contributed by atoms with van der Waals surface area (Å²) in [6.07, 6.45) is 46.8. The summed E-state index contributed by atoms with van der Waals surface area (Å²) in [4.78, 5) is 31.2. The molecule has 0 atom stereocenters. The molecule has 0 aromatic carbocycles. The van der Waals surface area contributed by atoms with E-state index < -0.39 is 0 Å². The molecule has 0 aromatic heterocycles. The number of carbonyl (C=O) groups excluding carboxylic acids is 2. The SMILES string of the molecule is CCCCCCC(CCCCCC)C(=O)OCCCCCCCCCN(CCCCCCCCCOC(=O)C(CCCCCC)CCCCCC)CCCCN1CCCC1. The lowest BCUT2D eigenvalue weighted by Crippen LogP contribution is -2.28. The Morgan fingerprint density at radius 3 is 1.05 bits per heavy atom. The Labute approximate surface area is 375 Å². The first-order valence-corrected chi connectivity index (χ1v) is 27.3. The van der Waals surface area contributed by atoms with Crippen molar-refractivity contribution in [3.8, 4) is 0 Å². The molecule has 0 radical (unpaired) electrons. The molecule has 0 saturated carbocycles. The quantitative estimate of drug-likeness (QED) is 0.0449. The summed E-state index contributed by atoms with van der Waals surface area (Å²) in [5.74, 6) is 0.410. The topological polar surface area (TPSA) is 59.1 Å². The Bertz CT molecular complexity index is 824. The maximum atomic E-state index is 12.9. The second kappa shape index (κ2) is 44.5. The lowest BCUT2D eigenvalue weighted by Gasteiger charge is -2.23. The summed E-state index contributed by atoms with van der Waals surface area (Å²) in [5, 5.41) is 0. The molecular weight excluding hydrogens is 741 g/mol. The maximum absolute atomic E-state index is 12.9. The van der Waals surface area contributed by atoms with Crippen molar-refractivity contribution in [2.45, 2.75) is 272 Å². The van der Waals surface area contributed by atoms with Crippen LogP contribution in [0.1, 0.15) is 272 Å². The van der Waals surface area contributed by atoms with Crippen LogP contribution in [0.15, 0.2) is 0 Å². The molecule has 0 aromatic rings. The second-order valence-electron chi connectivity index (χ2n) is 19.2. The Hall–Kier alpha value is -1.14. The van der Waals surface area contributed by atoms with Gasteiger partial charge in [0.2, 0.25) is 0 Å². The van der Waals surface area contributed by atoms with Crippen LogP contribution in [0.2, 0.25) is 0 Å². The van der Waals surface area contributed by atoms with Crippen LogP contribution in [-0.4, -0.2) is 74.2 Å². The van der Waals surface area contributed by atoms with Gasteiger partial charge in [0.05, 0.1) is 25.0 Å². The summed E-state index contributed by atoms with van der Waals surface area (Å²) >= 11 is 0. The Kier molecular flexibility index (Phi) is 42.2. The normalized spacial score (nSPS) is 13.4. The molecule has 1 aliphatic rings. The highest BCUT2D eigenvalue weighted by atomic mass is 16.5. The average Bonchev–Trinajstić information content (AvgIpc) is 3.78. The van der Waals surface area contributed by atoms with E-state index in [0.717, 1.165) is 38.5 Å². The minimum atomic E-state index is 0.0829. The predicted molar refractivity (Wildman–Crippen MR) is 260 cm³/mol. The number of carbonyl (C=O) groups is 2. The summed E-state index contributed by atoms with van der Waals surface area (Å²) in [7, 11) is 0. The summed E-state index contributed by atoms with van der Waals surface area (Å²) in [5.41, 5.74) is 0. The van der Waals surface area contributed by atoms with Crippen molar-refractivity contribution in [1.29, 1.82) is 0 Å². The van der Waals surface area contributed by atoms with Gasteiger partial charge in [0, 0.05) is 0 Å². The molecule has 1 heterocycles. The van der Waals surface area contributed by atoms with Crippen molar-refractivity contribution in [1.82, 2.24) is 9.80 Å². The number of likely N-dealkylation sites (tertiary alicyclic amines) is 1. The van der Waals surface area contributed by atoms with Crippen LogP contribution < -0.4 is 0 Å². The van der Waals surface area contributed by atoms with E-state index in [0.29, 0.717) is 13.2 Å². The molecule has 1 aliphatic heterocycles. The third kappa shape index (κ3) is 35.3. The molecule has 6 nitrogen and oxygen atoms in total. The molecule has 60 heavy (non-hydrogen) atoms. The zero-order chi connectivity index (χ0) is 43.4. The predicted octanol–water partition coefficient (Wildman–Crippen LogP) is 15.8. The van der Waals surface area contributed by atoms with Crippen molar-refractivity contribution in [2.75, 3.05) is 52.5 Å². The molecule has 0 bridgehead atoms. The van der Waals surface area contributed by atoms with Gasteiger partial charge in [-0.15, -0.1) is 0 Å². The minimum Gasteiger partial charge on any atom is -0.465 e. The molecule has 0 spiro atoms. The standard InChI is InChI=1S/C54H106N2O4/c1-5-9-13-27-39-51(40-28-14-10-6-2)53(57)59-49-37-25-21-17-19-23-31-43-55(45-33-34-46-56-47-35-36-48-56)44-32-24-20-18-22-26-38-50-60-54(58)52(41-29-15-11-7-3)42-30-16-12-8-4/h51-52H,5-50H2,1-4H3. The molecule has 6 heteroatoms. The number of ether oxygens (including phenoxy) is 2. The minimum absolute atomic E-state index is 0.0829. The fraction of sp³-hybridized carbons (Fsp3) is 0.963. The zero-order valence-electron chi connectivity index (χ0n) is 41.2. The van der Waals surface area contributed by atoms with Gasteiger partial charge in [-0.3, -0.25) is 9.59 Å². The van der Waals surface area contributed by atoms with Gasteiger partial charge in [0.15, 0.2) is 0 Å². The zero-order valence-corrected chi connectivity index (χ0v) is 41.2. The van der Waals surface area contributed by atoms with E-state index >= 15 is 0 Å². The van der Waals surface area contributed by atoms with Gasteiger partial charge >= 0.3 is 11.9 Å². The third-order valence-electron chi connectivity index (χ3n) is 13.4. The Morgan fingerprint density at radius 1 is 0.400 bits per heavy atom. The van der Waals surface area contributed by atoms with E-state index in [-0.39, 0.29) is 23.8 Å². The van der Waals surface area contributed by atoms with Gasteiger partial charge < -0.3 is 19.3 Å². The van der Waals surface area contributed by atoms with Crippen molar-refractivity contribution in [3.05, 3.63) is 0 Å². The third-order valence-corrected chi connectivity index (χ3v) is 13.4. The maximum Gasteiger partial charge on any atom is 0.308 e. The molecule has 356 valence electrons. The van der Waals surface area contributed by atoms with Crippen molar-refractivity contribution < 1.29 is 19.1 Å². The van der Waals surface area contributed by atoms with Gasteiger partial charge in [-0.1, -0.05) is 195 Å². The van der Waals surface area contributed by atoms with Gasteiger partial charge in [0.25, 0.3) is 0 Å². The first-order chi connectivity index (χ1) is 29.5. The highest BCUT2D eigenvalue weighted by Gasteiger charge is 2.20. The van der Waals surface area contributed by atoms with Gasteiger partial charge in [0.1, 0.15) is 0 Å². The van der Waals surface area contributed by atoms with Crippen LogP contribution in [0.5, 0.6) is 0 Å². The van der Waals surface area contributed by atoms with Gasteiger partial charge in [-0.05, 0) is 116 Å². The fourth-order valence-electron chi connectivity index (χ4n) is 9.27. The van der Waals surface area contributed by atoms with Gasteiger partial charge in [-0.2, -0.15) is 0 Å². The number of nitrogens with zero attached hydrogens (tertiary/aromatic N) is 2. The van der Waals surface area contributed by atoms with Crippen LogP contribution in [0.25, 0.3) is 0 Å². The Morgan fingerprint density at radius 2 is 0.700 bits per heavy atom. The summed E-state index contributed by atoms with van der Waals surface area (Å²) < 4.78 is 11.6. The number of rotatable bonds is 47. The van der Waals surface area contributed by atoms with Crippen LogP contribution >= 0.6 is 0 Å². The van der Waals surface area contributed by atoms with E-state index in [1.807, 2.05) is 0 Å². The fourth-order valence-corrected chi connectivity index (χ4v) is 9.27. The van der Waals surface area contributed by atoms with Crippen LogP contribution in [0.4, 0.5) is 0 Å². The van der Waals surface area contributed by atoms with E-state index in [2.05, 4.69) is 37.5 Å². The highest BCUT2D eigenvalue weighted by molar-refractivity contribution is 5.72. The molecule has 0 unspecified atom stereocenters. The average molecular weight is 847 g/mol. The smallest absolute Gasteiger partial charge is 0.308 e. The molecule has 1 fully saturated rings. The second-order valence-corrected chi connectivity index (χ2v) is 19.2. The molecule has 0 N–H and O–H groups in total. The highest BCUT2D eigenvalue weighted by Crippen LogP contribution is 2.22. The molecule has 0 amide bonds. The van der Waals surface area contributed by atoms with Crippen molar-refractivity contribution >= 4 is 11.9 Å². The van der Waals surface area contributed by atoms with E-state index in [4.69, 9.17) is 9.47 Å². The summed E-state index contributed by atoms with van der Waals surface area (Å²) in [6, 6.07) is 0. The number of hydrogen-bond donors (Lipinski definition) is 0. The van der Waals surface area contributed by atoms with Crippen molar-refractivity contribution in [3.63, 3.8) is 0 Å². The first kappa shape index (κ1) is 56.9. The van der Waals surface area contributed by atoms with Crippen LogP contribution in [0, 0.1) is 11.8 Å². The lowest BCUT2D eigenvalue weighted by molar-refractivity contribution is -0.150. The largest absolute Gasteiger partial charge is 0.465 e. The molecule has 1 saturated heterocycles. The Balaban J connectivity index is 2.23. The van der Waals surface area contributed by atoms with Crippen LogP contribution in [-0.2, 0) is 19.1 Å². The van der Waals surface area contributed by atoms with Crippen LogP contribution in [0.3, 0.4) is 0 Å². The first-order valence-electron chi connectivity index (χ1n) is 27.3. The molecule has 1 rings (SSSR count). The molecular formula is C54H106N2O4. The monoisotopic (exact) mass is 847 g/mol. The van der Waals surface area contributed by atoms with E-state index in [9.17, 15) is 9.59 Å². The van der Waals surface area contributed by atoms with E-state index in [1.54, 1.807) is 0 Å². The summed E-state index contributed by atoms with van der Waals surface area (Å²) in [6.45, 7) is 17.9.